The van der Waals surface area contributed by atoms with E-state index in [4.69, 9.17) is 17.3 Å². The number of amides is 1. The zero-order valence-electron chi connectivity index (χ0n) is 10.3. The zero-order valence-corrected chi connectivity index (χ0v) is 11.9. The summed E-state index contributed by atoms with van der Waals surface area (Å²) >= 11 is 6.00. The number of nitrogens with two attached hydrogens (primary N) is 1. The highest BCUT2D eigenvalue weighted by molar-refractivity contribution is 6.31. The van der Waals surface area contributed by atoms with Crippen LogP contribution in [0, 0.1) is 12.8 Å². The number of benzene rings is 1. The number of rotatable bonds is 4. The minimum absolute atomic E-state index is 0. The van der Waals surface area contributed by atoms with Crippen LogP contribution in [0.2, 0.25) is 5.02 Å². The maximum absolute atomic E-state index is 12.0. The molecule has 0 heterocycles. The van der Waals surface area contributed by atoms with Gasteiger partial charge in [-0.15, -0.1) is 12.4 Å². The van der Waals surface area contributed by atoms with Crippen molar-refractivity contribution in [3.05, 3.63) is 34.3 Å². The van der Waals surface area contributed by atoms with Crippen LogP contribution in [0.1, 0.15) is 28.8 Å². The van der Waals surface area contributed by atoms with Gasteiger partial charge >= 0.3 is 0 Å². The molecule has 3 nitrogen and oxygen atoms in total. The molecule has 0 aliphatic heterocycles. The van der Waals surface area contributed by atoms with E-state index in [-0.39, 0.29) is 24.4 Å². The molecule has 0 radical (unpaired) electrons. The van der Waals surface area contributed by atoms with Crippen LogP contribution in [-0.2, 0) is 0 Å². The van der Waals surface area contributed by atoms with Crippen molar-refractivity contribution in [1.82, 2.24) is 5.32 Å². The molecule has 5 heteroatoms. The summed E-state index contributed by atoms with van der Waals surface area (Å²) in [5.41, 5.74) is 7.22. The van der Waals surface area contributed by atoms with E-state index in [0.717, 1.165) is 18.4 Å². The monoisotopic (exact) mass is 288 g/mol. The Labute approximate surface area is 118 Å². The predicted octanol–water partition coefficient (Wildman–Crippen LogP) is 2.54. The van der Waals surface area contributed by atoms with E-state index in [2.05, 4.69) is 5.32 Å². The molecule has 1 unspecified atom stereocenters. The number of hydrogen-bond donors (Lipinski definition) is 2. The second kappa shape index (κ2) is 6.41. The molecular weight excluding hydrogens is 271 g/mol. The molecular formula is C13H18Cl2N2O. The maximum atomic E-state index is 12.0. The minimum Gasteiger partial charge on any atom is -0.348 e. The lowest BCUT2D eigenvalue weighted by atomic mass is 10.1. The third-order valence-electron chi connectivity index (χ3n) is 3.20. The molecule has 1 fully saturated rings. The van der Waals surface area contributed by atoms with Crippen LogP contribution in [0.15, 0.2) is 18.2 Å². The molecule has 2 rings (SSSR count). The number of carbonyl (C=O) groups excluding carboxylic acids is 1. The summed E-state index contributed by atoms with van der Waals surface area (Å²) in [4.78, 5) is 12.0. The molecule has 1 aliphatic rings. The second-order valence-electron chi connectivity index (χ2n) is 4.62. The normalized spacial score (nSPS) is 15.7. The van der Waals surface area contributed by atoms with Crippen LogP contribution in [-0.4, -0.2) is 18.5 Å². The SMILES string of the molecule is Cc1ccc(C(=O)NC(CN)C2CC2)cc1Cl.Cl. The van der Waals surface area contributed by atoms with Gasteiger partial charge in [0, 0.05) is 23.2 Å². The zero-order chi connectivity index (χ0) is 12.4. The highest BCUT2D eigenvalue weighted by Gasteiger charge is 2.31. The summed E-state index contributed by atoms with van der Waals surface area (Å²) < 4.78 is 0. The van der Waals surface area contributed by atoms with E-state index in [0.29, 0.717) is 23.0 Å². The number of aryl methyl sites for hydroxylation is 1. The topological polar surface area (TPSA) is 55.1 Å². The number of nitrogens with one attached hydrogen (secondary N) is 1. The summed E-state index contributed by atoms with van der Waals surface area (Å²) in [6, 6.07) is 5.44. The van der Waals surface area contributed by atoms with Gasteiger partial charge in [-0.2, -0.15) is 0 Å². The fourth-order valence-corrected chi connectivity index (χ4v) is 2.03. The molecule has 100 valence electrons. The molecule has 18 heavy (non-hydrogen) atoms. The third kappa shape index (κ3) is 3.61. The smallest absolute Gasteiger partial charge is 0.251 e. The quantitative estimate of drug-likeness (QED) is 0.895. The lowest BCUT2D eigenvalue weighted by molar-refractivity contribution is 0.0933. The summed E-state index contributed by atoms with van der Waals surface area (Å²) in [7, 11) is 0. The molecule has 3 N–H and O–H groups in total. The Morgan fingerprint density at radius 3 is 2.72 bits per heavy atom. The average Bonchev–Trinajstić information content (AvgIpc) is 3.13. The molecule has 0 saturated heterocycles. The summed E-state index contributed by atoms with van der Waals surface area (Å²) in [5, 5.41) is 3.59. The minimum atomic E-state index is -0.0887. The van der Waals surface area contributed by atoms with Gasteiger partial charge in [-0.25, -0.2) is 0 Å². The van der Waals surface area contributed by atoms with Gasteiger partial charge in [0.2, 0.25) is 0 Å². The number of carbonyl (C=O) groups is 1. The fraction of sp³-hybridized carbons (Fsp3) is 0.462. The van der Waals surface area contributed by atoms with Gasteiger partial charge in [0.05, 0.1) is 0 Å². The Kier molecular flexibility index (Phi) is 5.45. The Balaban J connectivity index is 0.00000162. The molecule has 1 atom stereocenters. The van der Waals surface area contributed by atoms with E-state index in [1.54, 1.807) is 12.1 Å². The first kappa shape index (κ1) is 15.3. The van der Waals surface area contributed by atoms with E-state index in [1.165, 1.54) is 0 Å². The van der Waals surface area contributed by atoms with Crippen LogP contribution in [0.3, 0.4) is 0 Å². The molecule has 1 amide bonds. The maximum Gasteiger partial charge on any atom is 0.251 e. The van der Waals surface area contributed by atoms with Gasteiger partial charge in [-0.05, 0) is 43.4 Å². The lowest BCUT2D eigenvalue weighted by Gasteiger charge is -2.16. The molecule has 1 aliphatic carbocycles. The molecule has 1 aromatic carbocycles. The number of hydrogen-bond acceptors (Lipinski definition) is 2. The van der Waals surface area contributed by atoms with Crippen LogP contribution < -0.4 is 11.1 Å². The molecule has 0 bridgehead atoms. The van der Waals surface area contributed by atoms with E-state index >= 15 is 0 Å². The predicted molar refractivity (Wildman–Crippen MR) is 76.5 cm³/mol. The van der Waals surface area contributed by atoms with Crippen LogP contribution in [0.5, 0.6) is 0 Å². The Bertz CT molecular complexity index is 433. The first-order chi connectivity index (χ1) is 8.11. The van der Waals surface area contributed by atoms with Crippen LogP contribution in [0.25, 0.3) is 0 Å². The first-order valence-corrected chi connectivity index (χ1v) is 6.26. The van der Waals surface area contributed by atoms with Crippen molar-refractivity contribution in [2.45, 2.75) is 25.8 Å². The van der Waals surface area contributed by atoms with E-state index in [9.17, 15) is 4.79 Å². The van der Waals surface area contributed by atoms with Gasteiger partial charge in [0.25, 0.3) is 5.91 Å². The van der Waals surface area contributed by atoms with Crippen molar-refractivity contribution in [3.8, 4) is 0 Å². The third-order valence-corrected chi connectivity index (χ3v) is 3.60. The second-order valence-corrected chi connectivity index (χ2v) is 5.02. The van der Waals surface area contributed by atoms with Crippen molar-refractivity contribution >= 4 is 29.9 Å². The average molecular weight is 289 g/mol. The van der Waals surface area contributed by atoms with Crippen LogP contribution >= 0.6 is 24.0 Å². The van der Waals surface area contributed by atoms with Gasteiger partial charge in [0.1, 0.15) is 0 Å². The Hall–Kier alpha value is -0.770. The van der Waals surface area contributed by atoms with Gasteiger partial charge in [0.15, 0.2) is 0 Å². The van der Waals surface area contributed by atoms with Crippen molar-refractivity contribution in [3.63, 3.8) is 0 Å². The summed E-state index contributed by atoms with van der Waals surface area (Å²) in [6.45, 7) is 2.41. The highest BCUT2D eigenvalue weighted by atomic mass is 35.5. The Morgan fingerprint density at radius 1 is 1.56 bits per heavy atom. The summed E-state index contributed by atoms with van der Waals surface area (Å²) in [5.74, 6) is 0.471. The first-order valence-electron chi connectivity index (χ1n) is 5.89. The van der Waals surface area contributed by atoms with Crippen molar-refractivity contribution < 1.29 is 4.79 Å². The fourth-order valence-electron chi connectivity index (χ4n) is 1.85. The summed E-state index contributed by atoms with van der Waals surface area (Å²) in [6.07, 6.45) is 2.33. The Morgan fingerprint density at radius 2 is 2.22 bits per heavy atom. The standard InChI is InChI=1S/C13H17ClN2O.ClH/c1-8-2-3-10(6-11(8)14)13(17)16-12(7-15)9-4-5-9;/h2-3,6,9,12H,4-5,7,15H2,1H3,(H,16,17);1H. The van der Waals surface area contributed by atoms with Crippen molar-refractivity contribution in [2.75, 3.05) is 6.54 Å². The lowest BCUT2D eigenvalue weighted by Crippen LogP contribution is -2.41. The largest absolute Gasteiger partial charge is 0.348 e. The molecule has 0 spiro atoms. The van der Waals surface area contributed by atoms with Crippen molar-refractivity contribution in [2.24, 2.45) is 11.7 Å². The van der Waals surface area contributed by atoms with Crippen LogP contribution in [0.4, 0.5) is 0 Å². The van der Waals surface area contributed by atoms with Gasteiger partial charge in [-0.3, -0.25) is 4.79 Å². The molecule has 0 aromatic heterocycles. The van der Waals surface area contributed by atoms with Crippen molar-refractivity contribution in [1.29, 1.82) is 0 Å². The molecule has 1 aromatic rings. The number of halogens is 2. The van der Waals surface area contributed by atoms with Gasteiger partial charge in [-0.1, -0.05) is 17.7 Å². The highest BCUT2D eigenvalue weighted by Crippen LogP contribution is 2.32. The van der Waals surface area contributed by atoms with E-state index < -0.39 is 0 Å². The van der Waals surface area contributed by atoms with Gasteiger partial charge < -0.3 is 11.1 Å². The molecule has 1 saturated carbocycles. The van der Waals surface area contributed by atoms with E-state index in [1.807, 2.05) is 13.0 Å².